The maximum atomic E-state index is 13.9. The first-order valence-corrected chi connectivity index (χ1v) is 9.30. The molecule has 0 aliphatic carbocycles. The van der Waals surface area contributed by atoms with Gasteiger partial charge in [-0.1, -0.05) is 36.4 Å². The van der Waals surface area contributed by atoms with Crippen LogP contribution < -0.4 is 10.1 Å². The number of amides is 3. The Labute approximate surface area is 169 Å². The minimum absolute atomic E-state index is 0.0219. The van der Waals surface area contributed by atoms with Gasteiger partial charge >= 0.3 is 6.18 Å². The number of halogens is 3. The Bertz CT molecular complexity index is 1020. The Hall–Kier alpha value is -3.36. The molecule has 0 saturated carbocycles. The van der Waals surface area contributed by atoms with E-state index in [0.717, 1.165) is 4.90 Å². The van der Waals surface area contributed by atoms with Crippen molar-refractivity contribution in [1.82, 2.24) is 10.2 Å². The van der Waals surface area contributed by atoms with Gasteiger partial charge in [-0.05, 0) is 23.6 Å². The highest BCUT2D eigenvalue weighted by Crippen LogP contribution is 2.43. The van der Waals surface area contributed by atoms with Crippen molar-refractivity contribution in [2.45, 2.75) is 38.2 Å². The van der Waals surface area contributed by atoms with Crippen LogP contribution in [0, 0.1) is 0 Å². The molecule has 2 aromatic rings. The summed E-state index contributed by atoms with van der Waals surface area (Å²) in [5, 5.41) is 2.13. The van der Waals surface area contributed by atoms with E-state index in [-0.39, 0.29) is 31.6 Å². The number of nitrogens with zero attached hydrogens (tertiary/aromatic N) is 1. The van der Waals surface area contributed by atoms with Gasteiger partial charge in [0.05, 0.1) is 5.56 Å². The fourth-order valence-corrected chi connectivity index (χ4v) is 3.77. The van der Waals surface area contributed by atoms with Gasteiger partial charge in [-0.25, -0.2) is 0 Å². The zero-order chi connectivity index (χ0) is 21.5. The van der Waals surface area contributed by atoms with Gasteiger partial charge in [0.25, 0.3) is 5.91 Å². The second kappa shape index (κ2) is 7.47. The minimum Gasteiger partial charge on any atom is -0.488 e. The molecule has 3 amide bonds. The van der Waals surface area contributed by atoms with Crippen molar-refractivity contribution < 1.29 is 32.3 Å². The van der Waals surface area contributed by atoms with Crippen molar-refractivity contribution in [3.8, 4) is 5.75 Å². The van der Waals surface area contributed by atoms with Crippen molar-refractivity contribution in [3.63, 3.8) is 0 Å². The number of piperidine rings is 1. The molecule has 2 aliphatic heterocycles. The molecular weight excluding hydrogens is 401 g/mol. The van der Waals surface area contributed by atoms with E-state index in [4.69, 9.17) is 4.74 Å². The van der Waals surface area contributed by atoms with Crippen molar-refractivity contribution in [2.75, 3.05) is 0 Å². The van der Waals surface area contributed by atoms with Crippen LogP contribution in [0.2, 0.25) is 0 Å². The Kier molecular flexibility index (Phi) is 4.97. The topological polar surface area (TPSA) is 75.7 Å². The number of imide groups is 1. The molecule has 30 heavy (non-hydrogen) atoms. The third-order valence-corrected chi connectivity index (χ3v) is 5.18. The number of benzene rings is 2. The zero-order valence-electron chi connectivity index (χ0n) is 15.7. The van der Waals surface area contributed by atoms with E-state index in [0.29, 0.717) is 5.56 Å². The second-order valence-electron chi connectivity index (χ2n) is 7.14. The molecule has 9 heteroatoms. The van der Waals surface area contributed by atoms with Crippen LogP contribution in [0.4, 0.5) is 13.2 Å². The van der Waals surface area contributed by atoms with Crippen LogP contribution in [0.25, 0.3) is 0 Å². The summed E-state index contributed by atoms with van der Waals surface area (Å²) in [6.45, 7) is -0.226. The lowest BCUT2D eigenvalue weighted by atomic mass is 10.0. The van der Waals surface area contributed by atoms with Crippen molar-refractivity contribution in [2.24, 2.45) is 0 Å². The summed E-state index contributed by atoms with van der Waals surface area (Å²) in [5.74, 6) is -2.48. The fraction of sp³-hybridized carbons (Fsp3) is 0.286. The number of hydrogen-bond donors (Lipinski definition) is 1. The Morgan fingerprint density at radius 2 is 1.80 bits per heavy atom. The molecule has 0 spiro atoms. The lowest BCUT2D eigenvalue weighted by Crippen LogP contribution is -2.52. The Morgan fingerprint density at radius 3 is 2.47 bits per heavy atom. The van der Waals surface area contributed by atoms with E-state index < -0.39 is 46.8 Å². The third-order valence-electron chi connectivity index (χ3n) is 5.18. The van der Waals surface area contributed by atoms with E-state index in [1.807, 2.05) is 0 Å². The van der Waals surface area contributed by atoms with Gasteiger partial charge in [-0.15, -0.1) is 0 Å². The number of hydrogen-bond acceptors (Lipinski definition) is 4. The first-order chi connectivity index (χ1) is 14.3. The average molecular weight is 418 g/mol. The summed E-state index contributed by atoms with van der Waals surface area (Å²) >= 11 is 0. The smallest absolute Gasteiger partial charge is 0.420 e. The predicted octanol–water partition coefficient (Wildman–Crippen LogP) is 3.05. The highest BCUT2D eigenvalue weighted by atomic mass is 19.4. The molecule has 0 bridgehead atoms. The standard InChI is InChI=1S/C21H17F3N2O4/c22-21(23,24)18-15(30-11-12-4-2-1-3-5-12)8-6-13-10-26(20(29)17(13)18)14-7-9-16(27)25-19(14)28/h1-6,8,14H,7,9-11H2,(H,25,27,28). The van der Waals surface area contributed by atoms with Crippen LogP contribution in [0.5, 0.6) is 5.75 Å². The largest absolute Gasteiger partial charge is 0.488 e. The number of nitrogens with one attached hydrogen (secondary N) is 1. The molecule has 2 heterocycles. The SMILES string of the molecule is O=C1CCC(N2Cc3ccc(OCc4ccccc4)c(C(F)(F)F)c3C2=O)C(=O)N1. The Balaban J connectivity index is 1.67. The van der Waals surface area contributed by atoms with Crippen molar-refractivity contribution >= 4 is 17.7 Å². The minimum atomic E-state index is -4.83. The summed E-state index contributed by atoms with van der Waals surface area (Å²) in [6, 6.07) is 10.3. The summed E-state index contributed by atoms with van der Waals surface area (Å²) < 4.78 is 47.2. The molecule has 0 aromatic heterocycles. The van der Waals surface area contributed by atoms with Crippen LogP contribution >= 0.6 is 0 Å². The molecule has 1 fully saturated rings. The van der Waals surface area contributed by atoms with Crippen LogP contribution in [0.3, 0.4) is 0 Å². The zero-order valence-corrected chi connectivity index (χ0v) is 15.7. The highest BCUT2D eigenvalue weighted by Gasteiger charge is 2.46. The van der Waals surface area contributed by atoms with E-state index >= 15 is 0 Å². The number of carbonyl (C=O) groups excluding carboxylic acids is 3. The van der Waals surface area contributed by atoms with Crippen LogP contribution in [0.1, 0.15) is 39.9 Å². The van der Waals surface area contributed by atoms with Gasteiger partial charge in [-0.2, -0.15) is 13.2 Å². The lowest BCUT2D eigenvalue weighted by Gasteiger charge is -2.29. The lowest BCUT2D eigenvalue weighted by molar-refractivity contribution is -0.139. The van der Waals surface area contributed by atoms with E-state index in [2.05, 4.69) is 5.32 Å². The maximum absolute atomic E-state index is 13.9. The Morgan fingerprint density at radius 1 is 1.07 bits per heavy atom. The molecular formula is C21H17F3N2O4. The molecule has 1 saturated heterocycles. The van der Waals surface area contributed by atoms with Crippen LogP contribution in [-0.2, 0) is 28.9 Å². The second-order valence-corrected chi connectivity index (χ2v) is 7.14. The first kappa shape index (κ1) is 19.9. The molecule has 1 unspecified atom stereocenters. The molecule has 1 atom stereocenters. The van der Waals surface area contributed by atoms with E-state index in [9.17, 15) is 27.6 Å². The van der Waals surface area contributed by atoms with Gasteiger partial charge in [0.1, 0.15) is 24.0 Å². The van der Waals surface area contributed by atoms with Gasteiger partial charge < -0.3 is 9.64 Å². The third kappa shape index (κ3) is 3.62. The average Bonchev–Trinajstić information content (AvgIpc) is 3.02. The monoisotopic (exact) mass is 418 g/mol. The fourth-order valence-electron chi connectivity index (χ4n) is 3.77. The summed E-state index contributed by atoms with van der Waals surface area (Å²) in [6.07, 6.45) is -4.73. The number of carbonyl (C=O) groups is 3. The van der Waals surface area contributed by atoms with E-state index in [1.165, 1.54) is 12.1 Å². The molecule has 2 aromatic carbocycles. The molecule has 2 aliphatic rings. The van der Waals surface area contributed by atoms with Crippen molar-refractivity contribution in [3.05, 3.63) is 64.7 Å². The molecule has 1 N–H and O–H groups in total. The molecule has 4 rings (SSSR count). The van der Waals surface area contributed by atoms with Crippen LogP contribution in [-0.4, -0.2) is 28.7 Å². The maximum Gasteiger partial charge on any atom is 0.420 e. The van der Waals surface area contributed by atoms with Gasteiger partial charge in [0, 0.05) is 13.0 Å². The summed E-state index contributed by atoms with van der Waals surface area (Å²) in [4.78, 5) is 37.5. The molecule has 6 nitrogen and oxygen atoms in total. The van der Waals surface area contributed by atoms with Gasteiger partial charge in [0.15, 0.2) is 0 Å². The van der Waals surface area contributed by atoms with Crippen molar-refractivity contribution in [1.29, 1.82) is 0 Å². The number of rotatable bonds is 4. The van der Waals surface area contributed by atoms with Crippen LogP contribution in [0.15, 0.2) is 42.5 Å². The number of fused-ring (bicyclic) bond motifs is 1. The van der Waals surface area contributed by atoms with E-state index in [1.54, 1.807) is 30.3 Å². The van der Waals surface area contributed by atoms with Gasteiger partial charge in [-0.3, -0.25) is 19.7 Å². The molecule has 0 radical (unpaired) electrons. The number of alkyl halides is 3. The quantitative estimate of drug-likeness (QED) is 0.775. The predicted molar refractivity (Wildman–Crippen MR) is 98.3 cm³/mol. The normalized spacial score (nSPS) is 19.0. The summed E-state index contributed by atoms with van der Waals surface area (Å²) in [7, 11) is 0. The number of ether oxygens (including phenoxy) is 1. The first-order valence-electron chi connectivity index (χ1n) is 9.30. The van der Waals surface area contributed by atoms with Gasteiger partial charge in [0.2, 0.25) is 11.8 Å². The summed E-state index contributed by atoms with van der Waals surface area (Å²) in [5.41, 5.74) is -0.791. The highest BCUT2D eigenvalue weighted by molar-refractivity contribution is 6.06. The molecule has 156 valence electrons.